The molecule has 23 heavy (non-hydrogen) atoms. The third-order valence-corrected chi connectivity index (χ3v) is 4.07. The fourth-order valence-electron chi connectivity index (χ4n) is 2.09. The van der Waals surface area contributed by atoms with E-state index in [4.69, 9.17) is 0 Å². The van der Waals surface area contributed by atoms with Crippen LogP contribution in [0.3, 0.4) is 0 Å². The summed E-state index contributed by atoms with van der Waals surface area (Å²) in [5, 5.41) is 7.43. The normalized spacial score (nSPS) is 11.0. The molecule has 0 radical (unpaired) electrons. The highest BCUT2D eigenvalue weighted by Gasteiger charge is 2.05. The summed E-state index contributed by atoms with van der Waals surface area (Å²) in [5.74, 6) is -0.200. The molecule has 116 valence electrons. The number of hydrogen-bond acceptors (Lipinski definition) is 4. The van der Waals surface area contributed by atoms with Crippen LogP contribution in [-0.4, -0.2) is 20.7 Å². The standard InChI is InChI=1S/C17H16N4OS/c1-21-12-14(10-19-21)7-8-16(22)20-17-18-11-15(23-17)9-13-5-3-2-4-6-13/h2-8,10-12H,9H2,1H3,(H,18,20,22)/b8-7+. The minimum atomic E-state index is -0.200. The lowest BCUT2D eigenvalue weighted by Crippen LogP contribution is -2.06. The number of benzene rings is 1. The van der Waals surface area contributed by atoms with Crippen molar-refractivity contribution in [3.05, 3.63) is 71.0 Å². The number of carbonyl (C=O) groups excluding carboxylic acids is 1. The molecule has 3 rings (SSSR count). The zero-order chi connectivity index (χ0) is 16.1. The van der Waals surface area contributed by atoms with Gasteiger partial charge >= 0.3 is 0 Å². The molecule has 1 aromatic carbocycles. The molecule has 0 saturated heterocycles. The lowest BCUT2D eigenvalue weighted by molar-refractivity contribution is -0.111. The van der Waals surface area contributed by atoms with Crippen LogP contribution in [0, 0.1) is 0 Å². The van der Waals surface area contributed by atoms with Gasteiger partial charge in [0.2, 0.25) is 5.91 Å². The van der Waals surface area contributed by atoms with Crippen LogP contribution >= 0.6 is 11.3 Å². The van der Waals surface area contributed by atoms with Crippen molar-refractivity contribution >= 4 is 28.5 Å². The summed E-state index contributed by atoms with van der Waals surface area (Å²) in [6, 6.07) is 10.2. The molecule has 0 fully saturated rings. The third-order valence-electron chi connectivity index (χ3n) is 3.16. The Kier molecular flexibility index (Phi) is 4.63. The fourth-order valence-corrected chi connectivity index (χ4v) is 2.94. The van der Waals surface area contributed by atoms with E-state index in [-0.39, 0.29) is 5.91 Å². The highest BCUT2D eigenvalue weighted by molar-refractivity contribution is 7.15. The number of hydrogen-bond donors (Lipinski definition) is 1. The second-order valence-electron chi connectivity index (χ2n) is 5.06. The van der Waals surface area contributed by atoms with Crippen molar-refractivity contribution in [1.82, 2.24) is 14.8 Å². The van der Waals surface area contributed by atoms with E-state index in [1.807, 2.05) is 31.4 Å². The maximum absolute atomic E-state index is 11.9. The SMILES string of the molecule is Cn1cc(/C=C/C(=O)Nc2ncc(Cc3ccccc3)s2)cn1. The van der Waals surface area contributed by atoms with E-state index < -0.39 is 0 Å². The summed E-state index contributed by atoms with van der Waals surface area (Å²) in [6.07, 6.45) is 9.37. The predicted molar refractivity (Wildman–Crippen MR) is 92.2 cm³/mol. The van der Waals surface area contributed by atoms with Gasteiger partial charge in [-0.05, 0) is 11.6 Å². The Morgan fingerprint density at radius 3 is 2.87 bits per heavy atom. The van der Waals surface area contributed by atoms with E-state index in [1.165, 1.54) is 23.0 Å². The van der Waals surface area contributed by atoms with Crippen LogP contribution in [0.5, 0.6) is 0 Å². The molecule has 2 heterocycles. The van der Waals surface area contributed by atoms with E-state index in [1.54, 1.807) is 23.2 Å². The van der Waals surface area contributed by atoms with Crippen LogP contribution in [0.4, 0.5) is 5.13 Å². The van der Waals surface area contributed by atoms with Crippen LogP contribution < -0.4 is 5.32 Å². The first-order chi connectivity index (χ1) is 11.2. The fraction of sp³-hybridized carbons (Fsp3) is 0.118. The van der Waals surface area contributed by atoms with Crippen molar-refractivity contribution < 1.29 is 4.79 Å². The molecule has 1 amide bonds. The Balaban J connectivity index is 1.58. The van der Waals surface area contributed by atoms with Gasteiger partial charge in [-0.1, -0.05) is 30.3 Å². The van der Waals surface area contributed by atoms with E-state index in [0.717, 1.165) is 16.9 Å². The molecular formula is C17H16N4OS. The number of carbonyl (C=O) groups is 1. The van der Waals surface area contributed by atoms with Gasteiger partial charge in [0.1, 0.15) is 0 Å². The Morgan fingerprint density at radius 2 is 2.13 bits per heavy atom. The number of nitrogens with one attached hydrogen (secondary N) is 1. The molecule has 3 aromatic rings. The second-order valence-corrected chi connectivity index (χ2v) is 6.18. The van der Waals surface area contributed by atoms with Crippen molar-refractivity contribution in [2.75, 3.05) is 5.32 Å². The molecule has 5 nitrogen and oxygen atoms in total. The molecule has 0 spiro atoms. The molecule has 0 aliphatic rings. The maximum Gasteiger partial charge on any atom is 0.250 e. The minimum absolute atomic E-state index is 0.200. The lowest BCUT2D eigenvalue weighted by atomic mass is 10.1. The highest BCUT2D eigenvalue weighted by Crippen LogP contribution is 2.21. The van der Waals surface area contributed by atoms with E-state index in [9.17, 15) is 4.79 Å². The van der Waals surface area contributed by atoms with Gasteiger partial charge in [0.25, 0.3) is 0 Å². The number of aryl methyl sites for hydroxylation is 1. The van der Waals surface area contributed by atoms with Crippen LogP contribution in [0.2, 0.25) is 0 Å². The number of thiazole rings is 1. The average molecular weight is 324 g/mol. The van der Waals surface area contributed by atoms with Crippen LogP contribution in [-0.2, 0) is 18.3 Å². The smallest absolute Gasteiger partial charge is 0.250 e. The molecule has 0 unspecified atom stereocenters. The molecule has 2 aromatic heterocycles. The van der Waals surface area contributed by atoms with Crippen molar-refractivity contribution in [3.8, 4) is 0 Å². The van der Waals surface area contributed by atoms with Crippen molar-refractivity contribution in [1.29, 1.82) is 0 Å². The molecule has 0 aliphatic heterocycles. The van der Waals surface area contributed by atoms with E-state index >= 15 is 0 Å². The van der Waals surface area contributed by atoms with Gasteiger partial charge in [-0.2, -0.15) is 5.10 Å². The molecule has 1 N–H and O–H groups in total. The molecule has 0 aliphatic carbocycles. The van der Waals surface area contributed by atoms with Gasteiger partial charge in [-0.15, -0.1) is 11.3 Å². The first kappa shape index (κ1) is 15.2. The summed E-state index contributed by atoms with van der Waals surface area (Å²) >= 11 is 1.49. The summed E-state index contributed by atoms with van der Waals surface area (Å²) < 4.78 is 1.69. The maximum atomic E-state index is 11.9. The molecule has 0 atom stereocenters. The Labute approximate surface area is 138 Å². The number of amides is 1. The molecule has 6 heteroatoms. The number of anilines is 1. The van der Waals surface area contributed by atoms with Crippen LogP contribution in [0.1, 0.15) is 16.0 Å². The van der Waals surface area contributed by atoms with Crippen LogP contribution in [0.15, 0.2) is 55.0 Å². The number of aromatic nitrogens is 3. The van der Waals surface area contributed by atoms with Gasteiger partial charge < -0.3 is 0 Å². The van der Waals surface area contributed by atoms with Crippen molar-refractivity contribution in [2.45, 2.75) is 6.42 Å². The van der Waals surface area contributed by atoms with Gasteiger partial charge in [-0.3, -0.25) is 14.8 Å². The zero-order valence-electron chi connectivity index (χ0n) is 12.6. The molecular weight excluding hydrogens is 308 g/mol. The Morgan fingerprint density at radius 1 is 1.30 bits per heavy atom. The average Bonchev–Trinajstić information content (AvgIpc) is 3.15. The van der Waals surface area contributed by atoms with Gasteiger partial charge in [0.15, 0.2) is 5.13 Å². The third kappa shape index (κ3) is 4.37. The van der Waals surface area contributed by atoms with E-state index in [2.05, 4.69) is 27.5 Å². The van der Waals surface area contributed by atoms with Gasteiger partial charge in [-0.25, -0.2) is 4.98 Å². The van der Waals surface area contributed by atoms with Crippen molar-refractivity contribution in [3.63, 3.8) is 0 Å². The zero-order valence-corrected chi connectivity index (χ0v) is 13.5. The number of rotatable bonds is 5. The van der Waals surface area contributed by atoms with E-state index in [0.29, 0.717) is 5.13 Å². The molecule has 0 bridgehead atoms. The minimum Gasteiger partial charge on any atom is -0.298 e. The highest BCUT2D eigenvalue weighted by atomic mass is 32.1. The first-order valence-corrected chi connectivity index (χ1v) is 7.97. The summed E-state index contributed by atoms with van der Waals surface area (Å²) in [7, 11) is 1.83. The monoisotopic (exact) mass is 324 g/mol. The predicted octanol–water partition coefficient (Wildman–Crippen LogP) is 3.12. The molecule has 0 saturated carbocycles. The first-order valence-electron chi connectivity index (χ1n) is 7.15. The Hall–Kier alpha value is -2.73. The van der Waals surface area contributed by atoms with Crippen LogP contribution in [0.25, 0.3) is 6.08 Å². The second kappa shape index (κ2) is 7.02. The summed E-state index contributed by atoms with van der Waals surface area (Å²) in [4.78, 5) is 17.3. The van der Waals surface area contributed by atoms with Gasteiger partial charge in [0, 0.05) is 42.4 Å². The van der Waals surface area contributed by atoms with Gasteiger partial charge in [0.05, 0.1) is 6.20 Å². The number of nitrogens with zero attached hydrogens (tertiary/aromatic N) is 3. The quantitative estimate of drug-likeness (QED) is 0.734. The van der Waals surface area contributed by atoms with Crippen molar-refractivity contribution in [2.24, 2.45) is 7.05 Å². The summed E-state index contributed by atoms with van der Waals surface area (Å²) in [6.45, 7) is 0. The Bertz CT molecular complexity index is 820. The lowest BCUT2D eigenvalue weighted by Gasteiger charge is -1.97. The topological polar surface area (TPSA) is 59.8 Å². The summed E-state index contributed by atoms with van der Waals surface area (Å²) in [5.41, 5.74) is 2.11. The largest absolute Gasteiger partial charge is 0.298 e.